The number of carbonyl (C=O) groups is 1. The molecule has 2 aromatic rings. The molecule has 0 fully saturated rings. The zero-order valence-corrected chi connectivity index (χ0v) is 13.7. The number of alkyl carbamates (subject to hydrolysis) is 1. The van der Waals surface area contributed by atoms with Crippen molar-refractivity contribution in [3.63, 3.8) is 0 Å². The third-order valence-corrected chi connectivity index (χ3v) is 3.79. The van der Waals surface area contributed by atoms with Crippen LogP contribution < -0.4 is 5.32 Å². The number of carbonyl (C=O) groups excluding carboxylic acids is 1. The molecule has 3 N–H and O–H groups in total. The molecule has 0 radical (unpaired) electrons. The van der Waals surface area contributed by atoms with Crippen LogP contribution in [0.15, 0.2) is 42.5 Å². The standard InChI is InChI=1S/C17H16ClF2NO4/c18-15-12(20)7-6-11(19)14(15)16(23)13(22)8-21-17(24)25-9-10-4-2-1-3-5-10/h1-7,13,16,22-23H,8-9H2,(H,21,24). The summed E-state index contributed by atoms with van der Waals surface area (Å²) in [6.45, 7) is -0.420. The topological polar surface area (TPSA) is 78.8 Å². The van der Waals surface area contributed by atoms with Gasteiger partial charge < -0.3 is 20.3 Å². The number of amides is 1. The van der Waals surface area contributed by atoms with E-state index in [1.807, 2.05) is 6.07 Å². The summed E-state index contributed by atoms with van der Waals surface area (Å²) in [5, 5.41) is 21.4. The molecule has 2 atom stereocenters. The van der Waals surface area contributed by atoms with Gasteiger partial charge in [0.1, 0.15) is 30.4 Å². The molecule has 0 bridgehead atoms. The number of halogens is 3. The van der Waals surface area contributed by atoms with Crippen molar-refractivity contribution in [1.29, 1.82) is 0 Å². The summed E-state index contributed by atoms with van der Waals surface area (Å²) >= 11 is 5.62. The number of aliphatic hydroxyl groups is 2. The second kappa shape index (κ2) is 8.75. The average Bonchev–Trinajstić information content (AvgIpc) is 2.62. The first-order valence-corrected chi connectivity index (χ1v) is 7.72. The van der Waals surface area contributed by atoms with E-state index in [1.54, 1.807) is 24.3 Å². The number of rotatable bonds is 6. The number of nitrogens with one attached hydrogen (secondary N) is 1. The van der Waals surface area contributed by atoms with Crippen molar-refractivity contribution in [3.8, 4) is 0 Å². The largest absolute Gasteiger partial charge is 0.445 e. The molecule has 0 aromatic heterocycles. The molecule has 8 heteroatoms. The van der Waals surface area contributed by atoms with Crippen molar-refractivity contribution >= 4 is 17.7 Å². The lowest BCUT2D eigenvalue weighted by atomic mass is 10.0. The smallest absolute Gasteiger partial charge is 0.407 e. The normalized spacial score (nSPS) is 13.2. The van der Waals surface area contributed by atoms with Gasteiger partial charge in [-0.1, -0.05) is 41.9 Å². The van der Waals surface area contributed by atoms with Crippen LogP contribution >= 0.6 is 11.6 Å². The first kappa shape index (κ1) is 19.1. The van der Waals surface area contributed by atoms with Crippen LogP contribution in [0, 0.1) is 11.6 Å². The third kappa shape index (κ3) is 5.12. The summed E-state index contributed by atoms with van der Waals surface area (Å²) < 4.78 is 32.0. The van der Waals surface area contributed by atoms with Gasteiger partial charge in [-0.15, -0.1) is 0 Å². The molecule has 2 rings (SSSR count). The second-order valence-corrected chi connectivity index (χ2v) is 5.59. The Balaban J connectivity index is 1.88. The molecule has 2 unspecified atom stereocenters. The van der Waals surface area contributed by atoms with Crippen molar-refractivity contribution in [2.24, 2.45) is 0 Å². The van der Waals surface area contributed by atoms with Crippen LogP contribution in [-0.2, 0) is 11.3 Å². The van der Waals surface area contributed by atoms with Crippen molar-refractivity contribution in [2.45, 2.75) is 18.8 Å². The minimum atomic E-state index is -1.82. The van der Waals surface area contributed by atoms with E-state index in [1.165, 1.54) is 0 Å². The lowest BCUT2D eigenvalue weighted by molar-refractivity contribution is 0.0163. The summed E-state index contributed by atoms with van der Waals surface area (Å²) in [6.07, 6.45) is -4.27. The highest BCUT2D eigenvalue weighted by Crippen LogP contribution is 2.30. The fourth-order valence-electron chi connectivity index (χ4n) is 2.08. The Morgan fingerprint density at radius 3 is 2.44 bits per heavy atom. The van der Waals surface area contributed by atoms with Crippen molar-refractivity contribution < 1.29 is 28.5 Å². The Labute approximate surface area is 147 Å². The molecule has 0 spiro atoms. The molecule has 0 saturated carbocycles. The summed E-state index contributed by atoms with van der Waals surface area (Å²) in [5.41, 5.74) is 0.195. The molecule has 2 aromatic carbocycles. The number of hydrogen-bond acceptors (Lipinski definition) is 4. The van der Waals surface area contributed by atoms with E-state index < -0.39 is 47.1 Å². The van der Waals surface area contributed by atoms with Gasteiger partial charge in [0.05, 0.1) is 5.02 Å². The van der Waals surface area contributed by atoms with Crippen LogP contribution in [0.4, 0.5) is 13.6 Å². The van der Waals surface area contributed by atoms with Gasteiger partial charge in [0, 0.05) is 12.1 Å². The minimum absolute atomic E-state index is 0.0235. The molecule has 1 amide bonds. The van der Waals surface area contributed by atoms with E-state index in [0.29, 0.717) is 0 Å². The SMILES string of the molecule is O=C(NCC(O)C(O)c1c(F)ccc(F)c1Cl)OCc1ccccc1. The molecule has 0 saturated heterocycles. The molecule has 0 heterocycles. The first-order chi connectivity index (χ1) is 11.9. The number of aliphatic hydroxyl groups excluding tert-OH is 2. The van der Waals surface area contributed by atoms with Crippen LogP contribution in [0.25, 0.3) is 0 Å². The third-order valence-electron chi connectivity index (χ3n) is 3.41. The van der Waals surface area contributed by atoms with Gasteiger partial charge >= 0.3 is 6.09 Å². The van der Waals surface area contributed by atoms with Gasteiger partial charge in [-0.25, -0.2) is 13.6 Å². The number of benzene rings is 2. The summed E-state index contributed by atoms with van der Waals surface area (Å²) in [4.78, 5) is 11.6. The van der Waals surface area contributed by atoms with Gasteiger partial charge in [0.2, 0.25) is 0 Å². The van der Waals surface area contributed by atoms with Crippen LogP contribution in [0.3, 0.4) is 0 Å². The van der Waals surface area contributed by atoms with E-state index in [9.17, 15) is 23.8 Å². The average molecular weight is 372 g/mol. The molecule has 0 aliphatic carbocycles. The van der Waals surface area contributed by atoms with Gasteiger partial charge in [-0.3, -0.25) is 0 Å². The Morgan fingerprint density at radius 1 is 1.12 bits per heavy atom. The Hall–Kier alpha value is -2.22. The molecule has 0 aliphatic rings. The van der Waals surface area contributed by atoms with Gasteiger partial charge in [0.15, 0.2) is 0 Å². The maximum atomic E-state index is 13.7. The zero-order valence-electron chi connectivity index (χ0n) is 13.0. The zero-order chi connectivity index (χ0) is 18.4. The highest BCUT2D eigenvalue weighted by molar-refractivity contribution is 6.31. The van der Waals surface area contributed by atoms with Crippen molar-refractivity contribution in [1.82, 2.24) is 5.32 Å². The predicted octanol–water partition coefficient (Wildman–Crippen LogP) is 2.94. The van der Waals surface area contributed by atoms with Gasteiger partial charge in [-0.05, 0) is 17.7 Å². The Kier molecular flexibility index (Phi) is 6.69. The van der Waals surface area contributed by atoms with E-state index in [4.69, 9.17) is 16.3 Å². The van der Waals surface area contributed by atoms with Crippen LogP contribution in [0.1, 0.15) is 17.2 Å². The van der Waals surface area contributed by atoms with E-state index in [2.05, 4.69) is 5.32 Å². The molecular weight excluding hydrogens is 356 g/mol. The van der Waals surface area contributed by atoms with Gasteiger partial charge in [0.25, 0.3) is 0 Å². The maximum Gasteiger partial charge on any atom is 0.407 e. The lowest BCUT2D eigenvalue weighted by Crippen LogP contribution is -2.36. The summed E-state index contributed by atoms with van der Waals surface area (Å²) in [5.74, 6) is -1.90. The van der Waals surface area contributed by atoms with Crippen molar-refractivity contribution in [3.05, 3.63) is 70.2 Å². The molecule has 134 valence electrons. The van der Waals surface area contributed by atoms with Crippen LogP contribution in [0.5, 0.6) is 0 Å². The first-order valence-electron chi connectivity index (χ1n) is 7.34. The monoisotopic (exact) mass is 371 g/mol. The molecule has 25 heavy (non-hydrogen) atoms. The fraction of sp³-hybridized carbons (Fsp3) is 0.235. The Morgan fingerprint density at radius 2 is 1.76 bits per heavy atom. The van der Waals surface area contributed by atoms with Crippen molar-refractivity contribution in [2.75, 3.05) is 6.54 Å². The number of hydrogen-bond donors (Lipinski definition) is 3. The van der Waals surface area contributed by atoms with E-state index >= 15 is 0 Å². The van der Waals surface area contributed by atoms with E-state index in [-0.39, 0.29) is 6.61 Å². The maximum absolute atomic E-state index is 13.7. The Bertz CT molecular complexity index is 730. The van der Waals surface area contributed by atoms with Gasteiger partial charge in [-0.2, -0.15) is 0 Å². The highest BCUT2D eigenvalue weighted by atomic mass is 35.5. The highest BCUT2D eigenvalue weighted by Gasteiger charge is 2.26. The quantitative estimate of drug-likeness (QED) is 0.682. The second-order valence-electron chi connectivity index (χ2n) is 5.21. The minimum Gasteiger partial charge on any atom is -0.445 e. The fourth-order valence-corrected chi connectivity index (χ4v) is 2.34. The van der Waals surface area contributed by atoms with Crippen LogP contribution in [-0.4, -0.2) is 29.0 Å². The predicted molar refractivity (Wildman–Crippen MR) is 87.0 cm³/mol. The lowest BCUT2D eigenvalue weighted by Gasteiger charge is -2.20. The molecule has 0 aliphatic heterocycles. The molecule has 5 nitrogen and oxygen atoms in total. The summed E-state index contributed by atoms with van der Waals surface area (Å²) in [6, 6.07) is 10.5. The van der Waals surface area contributed by atoms with Crippen LogP contribution in [0.2, 0.25) is 5.02 Å². The number of ether oxygens (including phenoxy) is 1. The van der Waals surface area contributed by atoms with E-state index in [0.717, 1.165) is 17.7 Å². The summed E-state index contributed by atoms with van der Waals surface area (Å²) in [7, 11) is 0. The molecular formula is C17H16ClF2NO4.